The van der Waals surface area contributed by atoms with Gasteiger partial charge in [-0.2, -0.15) is 0 Å². The Labute approximate surface area is 110 Å². The van der Waals surface area contributed by atoms with Crippen LogP contribution in [0.25, 0.3) is 0 Å². The van der Waals surface area contributed by atoms with Crippen LogP contribution < -0.4 is 5.32 Å². The summed E-state index contributed by atoms with van der Waals surface area (Å²) in [6, 6.07) is 0.160. The smallest absolute Gasteiger partial charge is 0.306 e. The van der Waals surface area contributed by atoms with Gasteiger partial charge in [-0.1, -0.05) is 6.92 Å². The summed E-state index contributed by atoms with van der Waals surface area (Å²) >= 11 is 0. The quantitative estimate of drug-likeness (QED) is 0.641. The van der Waals surface area contributed by atoms with Crippen molar-refractivity contribution in [2.24, 2.45) is 0 Å². The Balaban J connectivity index is 4.21. The zero-order valence-corrected chi connectivity index (χ0v) is 12.5. The highest BCUT2D eigenvalue weighted by Gasteiger charge is 2.23. The van der Waals surface area contributed by atoms with Crippen molar-refractivity contribution < 1.29 is 17.9 Å². The van der Waals surface area contributed by atoms with E-state index >= 15 is 0 Å². The van der Waals surface area contributed by atoms with Crippen LogP contribution >= 0.6 is 0 Å². The molecule has 0 radical (unpaired) electrons. The zero-order chi connectivity index (χ0) is 14.2. The predicted molar refractivity (Wildman–Crippen MR) is 72.3 cm³/mol. The molecule has 0 aromatic carbocycles. The summed E-state index contributed by atoms with van der Waals surface area (Å²) in [4.78, 5) is 10.9. The van der Waals surface area contributed by atoms with Crippen molar-refractivity contribution in [1.29, 1.82) is 0 Å². The summed E-state index contributed by atoms with van der Waals surface area (Å²) in [6.07, 6.45) is 1.51. The van der Waals surface area contributed by atoms with Crippen molar-refractivity contribution in [3.63, 3.8) is 0 Å². The molecule has 0 saturated heterocycles. The van der Waals surface area contributed by atoms with Gasteiger partial charge in [0.15, 0.2) is 9.84 Å². The maximum absolute atomic E-state index is 11.9. The van der Waals surface area contributed by atoms with Crippen LogP contribution in [-0.4, -0.2) is 45.1 Å². The topological polar surface area (TPSA) is 72.5 Å². The molecule has 2 unspecified atom stereocenters. The van der Waals surface area contributed by atoms with Crippen molar-refractivity contribution >= 4 is 15.8 Å². The number of ether oxygens (including phenoxy) is 1. The lowest BCUT2D eigenvalue weighted by molar-refractivity contribution is -0.140. The number of carbonyl (C=O) groups excluding carboxylic acids is 1. The van der Waals surface area contributed by atoms with E-state index in [-0.39, 0.29) is 18.2 Å². The molecule has 6 heteroatoms. The number of rotatable bonds is 9. The molecule has 0 bridgehead atoms. The van der Waals surface area contributed by atoms with Gasteiger partial charge in [0.05, 0.1) is 24.5 Å². The van der Waals surface area contributed by atoms with E-state index in [4.69, 9.17) is 0 Å². The first-order chi connectivity index (χ1) is 8.33. The molecule has 0 aliphatic rings. The molecule has 0 aromatic heterocycles. The second kappa shape index (κ2) is 8.48. The third-order valence-electron chi connectivity index (χ3n) is 2.86. The average Bonchev–Trinajstić information content (AvgIpc) is 2.33. The van der Waals surface area contributed by atoms with Crippen LogP contribution in [-0.2, 0) is 19.4 Å². The molecule has 5 nitrogen and oxygen atoms in total. The van der Waals surface area contributed by atoms with Crippen LogP contribution in [0.1, 0.15) is 40.0 Å². The summed E-state index contributed by atoms with van der Waals surface area (Å²) in [7, 11) is -1.97. The van der Waals surface area contributed by atoms with Crippen LogP contribution in [0.5, 0.6) is 0 Å². The second-order valence-corrected chi connectivity index (χ2v) is 7.13. The van der Waals surface area contributed by atoms with Crippen LogP contribution in [0.2, 0.25) is 0 Å². The molecule has 0 heterocycles. The Morgan fingerprint density at radius 2 is 1.94 bits per heavy atom. The molecule has 0 aromatic rings. The number of nitrogens with one attached hydrogen (secondary N) is 1. The summed E-state index contributed by atoms with van der Waals surface area (Å²) in [5.74, 6) is -0.621. The average molecular weight is 279 g/mol. The van der Waals surface area contributed by atoms with E-state index in [1.54, 1.807) is 6.92 Å². The summed E-state index contributed by atoms with van der Waals surface area (Å²) in [5, 5.41) is 2.81. The lowest BCUT2D eigenvalue weighted by Gasteiger charge is -2.18. The minimum absolute atomic E-state index is 0.0695. The van der Waals surface area contributed by atoms with Gasteiger partial charge in [-0.25, -0.2) is 8.42 Å². The Morgan fingerprint density at radius 3 is 2.44 bits per heavy atom. The van der Waals surface area contributed by atoms with Crippen LogP contribution in [0.4, 0.5) is 0 Å². The molecule has 0 rings (SSSR count). The minimum Gasteiger partial charge on any atom is -0.469 e. The van der Waals surface area contributed by atoms with E-state index in [0.29, 0.717) is 6.42 Å². The predicted octanol–water partition coefficient (Wildman–Crippen LogP) is 1.13. The first-order valence-corrected chi connectivity index (χ1v) is 8.06. The van der Waals surface area contributed by atoms with E-state index in [2.05, 4.69) is 17.0 Å². The van der Waals surface area contributed by atoms with Gasteiger partial charge < -0.3 is 10.1 Å². The van der Waals surface area contributed by atoms with Gasteiger partial charge in [0.25, 0.3) is 0 Å². The largest absolute Gasteiger partial charge is 0.469 e. The molecule has 0 aliphatic heterocycles. The molecule has 1 N–H and O–H groups in total. The fraction of sp³-hybridized carbons (Fsp3) is 0.917. The second-order valence-electron chi connectivity index (χ2n) is 4.59. The number of methoxy groups -OCH3 is 1. The van der Waals surface area contributed by atoms with Crippen molar-refractivity contribution in [1.82, 2.24) is 5.32 Å². The maximum atomic E-state index is 11.9. The van der Waals surface area contributed by atoms with Gasteiger partial charge in [0.1, 0.15) is 0 Å². The van der Waals surface area contributed by atoms with Gasteiger partial charge in [-0.3, -0.25) is 4.79 Å². The summed E-state index contributed by atoms with van der Waals surface area (Å²) in [5.41, 5.74) is 0. The van der Waals surface area contributed by atoms with Crippen molar-refractivity contribution in [3.8, 4) is 0 Å². The monoisotopic (exact) mass is 279 g/mol. The molecule has 18 heavy (non-hydrogen) atoms. The van der Waals surface area contributed by atoms with Crippen molar-refractivity contribution in [3.05, 3.63) is 0 Å². The molecule has 0 spiro atoms. The molecule has 0 saturated carbocycles. The molecule has 0 amide bonds. The molecule has 2 atom stereocenters. The number of hydrogen-bond acceptors (Lipinski definition) is 5. The van der Waals surface area contributed by atoms with Gasteiger partial charge >= 0.3 is 5.97 Å². The Kier molecular flexibility index (Phi) is 8.18. The lowest BCUT2D eigenvalue weighted by atomic mass is 10.2. The normalized spacial score (nSPS) is 15.1. The van der Waals surface area contributed by atoms with Gasteiger partial charge in [-0.15, -0.1) is 0 Å². The minimum atomic E-state index is -3.23. The highest BCUT2D eigenvalue weighted by atomic mass is 32.2. The zero-order valence-electron chi connectivity index (χ0n) is 11.7. The summed E-state index contributed by atoms with van der Waals surface area (Å²) < 4.78 is 28.3. The fourth-order valence-corrected chi connectivity index (χ4v) is 3.08. The van der Waals surface area contributed by atoms with Crippen LogP contribution in [0.3, 0.4) is 0 Å². The molecule has 108 valence electrons. The standard InChI is InChI=1S/C12H25NO4S/c1-5-7-13-10(2)9-11(3)18(15,16)8-6-12(14)17-4/h10-11,13H,5-9H2,1-4H3. The van der Waals surface area contributed by atoms with Crippen molar-refractivity contribution in [2.45, 2.75) is 51.3 Å². The Morgan fingerprint density at radius 1 is 1.33 bits per heavy atom. The highest BCUT2D eigenvalue weighted by Crippen LogP contribution is 2.11. The van der Waals surface area contributed by atoms with Crippen molar-refractivity contribution in [2.75, 3.05) is 19.4 Å². The van der Waals surface area contributed by atoms with E-state index in [1.807, 2.05) is 6.92 Å². The lowest BCUT2D eigenvalue weighted by Crippen LogP contribution is -2.33. The number of carbonyl (C=O) groups is 1. The highest BCUT2D eigenvalue weighted by molar-refractivity contribution is 7.92. The van der Waals surface area contributed by atoms with E-state index < -0.39 is 21.1 Å². The van der Waals surface area contributed by atoms with E-state index in [1.165, 1.54) is 7.11 Å². The first kappa shape index (κ1) is 17.4. The van der Waals surface area contributed by atoms with E-state index in [0.717, 1.165) is 13.0 Å². The van der Waals surface area contributed by atoms with Crippen LogP contribution in [0.15, 0.2) is 0 Å². The third-order valence-corrected chi connectivity index (χ3v) is 5.05. The third kappa shape index (κ3) is 6.96. The first-order valence-electron chi connectivity index (χ1n) is 6.35. The van der Waals surface area contributed by atoms with Gasteiger partial charge in [0.2, 0.25) is 0 Å². The maximum Gasteiger partial charge on any atom is 0.306 e. The fourth-order valence-electron chi connectivity index (χ4n) is 1.65. The molecule has 0 fully saturated rings. The summed E-state index contributed by atoms with van der Waals surface area (Å²) in [6.45, 7) is 6.62. The molecule has 0 aliphatic carbocycles. The van der Waals surface area contributed by atoms with Crippen LogP contribution in [0, 0.1) is 0 Å². The molecular weight excluding hydrogens is 254 g/mol. The van der Waals surface area contributed by atoms with Gasteiger partial charge in [0, 0.05) is 6.04 Å². The Bertz CT molecular complexity index is 340. The number of esters is 1. The van der Waals surface area contributed by atoms with E-state index in [9.17, 15) is 13.2 Å². The Hall–Kier alpha value is -0.620. The molecular formula is C12H25NO4S. The number of hydrogen-bond donors (Lipinski definition) is 1. The SMILES string of the molecule is CCCNC(C)CC(C)S(=O)(=O)CCC(=O)OC. The van der Waals surface area contributed by atoms with Gasteiger partial charge in [-0.05, 0) is 33.2 Å². The number of sulfone groups is 1.